The highest BCUT2D eigenvalue weighted by Gasteiger charge is 2.06. The molecule has 0 saturated heterocycles. The first-order valence-corrected chi connectivity index (χ1v) is 6.90. The van der Waals surface area contributed by atoms with Gasteiger partial charge in [0.1, 0.15) is 0 Å². The molecule has 0 bridgehead atoms. The van der Waals surface area contributed by atoms with Gasteiger partial charge in [-0.3, -0.25) is 9.58 Å². The second-order valence-corrected chi connectivity index (χ2v) is 4.82. The summed E-state index contributed by atoms with van der Waals surface area (Å²) >= 11 is 0. The van der Waals surface area contributed by atoms with E-state index in [1.165, 1.54) is 5.56 Å². The summed E-state index contributed by atoms with van der Waals surface area (Å²) < 4.78 is 1.93. The van der Waals surface area contributed by atoms with E-state index in [1.807, 2.05) is 35.3 Å². The van der Waals surface area contributed by atoms with E-state index in [1.54, 1.807) is 0 Å². The lowest BCUT2D eigenvalue weighted by Gasteiger charge is -2.19. The SMILES string of the molecule is NCCN(CCO)Cc1cnn(Cc2ccccc2)c1. The zero-order chi connectivity index (χ0) is 14.2. The predicted molar refractivity (Wildman–Crippen MR) is 79.2 cm³/mol. The number of aliphatic hydroxyl groups is 1. The summed E-state index contributed by atoms with van der Waals surface area (Å²) in [5, 5.41) is 13.4. The molecule has 20 heavy (non-hydrogen) atoms. The van der Waals surface area contributed by atoms with Crippen LogP contribution in [0.25, 0.3) is 0 Å². The summed E-state index contributed by atoms with van der Waals surface area (Å²) in [4.78, 5) is 2.13. The van der Waals surface area contributed by atoms with Gasteiger partial charge in [-0.15, -0.1) is 0 Å². The molecule has 0 saturated carbocycles. The summed E-state index contributed by atoms with van der Waals surface area (Å²) in [6.07, 6.45) is 3.93. The zero-order valence-corrected chi connectivity index (χ0v) is 11.7. The Morgan fingerprint density at radius 3 is 2.65 bits per heavy atom. The van der Waals surface area contributed by atoms with E-state index in [-0.39, 0.29) is 6.61 Å². The molecule has 2 aromatic rings. The van der Waals surface area contributed by atoms with E-state index in [0.717, 1.165) is 25.2 Å². The van der Waals surface area contributed by atoms with E-state index in [2.05, 4.69) is 22.1 Å². The quantitative estimate of drug-likeness (QED) is 0.743. The van der Waals surface area contributed by atoms with Crippen molar-refractivity contribution in [3.8, 4) is 0 Å². The number of aromatic nitrogens is 2. The molecule has 0 aliphatic rings. The number of rotatable bonds is 8. The maximum absolute atomic E-state index is 9.04. The highest BCUT2D eigenvalue weighted by molar-refractivity contribution is 5.15. The van der Waals surface area contributed by atoms with Crippen LogP contribution < -0.4 is 5.73 Å². The number of benzene rings is 1. The molecule has 0 aliphatic carbocycles. The number of aliphatic hydroxyl groups excluding tert-OH is 1. The second kappa shape index (κ2) is 7.79. The van der Waals surface area contributed by atoms with Gasteiger partial charge in [0.05, 0.1) is 19.3 Å². The lowest BCUT2D eigenvalue weighted by atomic mass is 10.2. The fourth-order valence-corrected chi connectivity index (χ4v) is 2.20. The highest BCUT2D eigenvalue weighted by atomic mass is 16.3. The van der Waals surface area contributed by atoms with Gasteiger partial charge in [-0.1, -0.05) is 30.3 Å². The van der Waals surface area contributed by atoms with Gasteiger partial charge in [0.25, 0.3) is 0 Å². The second-order valence-electron chi connectivity index (χ2n) is 4.82. The minimum atomic E-state index is 0.151. The van der Waals surface area contributed by atoms with Crippen molar-refractivity contribution in [2.75, 3.05) is 26.2 Å². The molecule has 0 amide bonds. The van der Waals surface area contributed by atoms with Crippen LogP contribution in [0.3, 0.4) is 0 Å². The third-order valence-electron chi connectivity index (χ3n) is 3.14. The Hall–Kier alpha value is -1.69. The van der Waals surface area contributed by atoms with Gasteiger partial charge in [-0.25, -0.2) is 0 Å². The van der Waals surface area contributed by atoms with Gasteiger partial charge in [0.2, 0.25) is 0 Å². The molecule has 0 spiro atoms. The van der Waals surface area contributed by atoms with Crippen LogP contribution in [0, 0.1) is 0 Å². The van der Waals surface area contributed by atoms with E-state index in [9.17, 15) is 0 Å². The molecule has 0 radical (unpaired) electrons. The molecule has 1 aromatic carbocycles. The number of nitrogens with zero attached hydrogens (tertiary/aromatic N) is 3. The average Bonchev–Trinajstić information content (AvgIpc) is 2.88. The van der Waals surface area contributed by atoms with Gasteiger partial charge < -0.3 is 10.8 Å². The zero-order valence-electron chi connectivity index (χ0n) is 11.7. The largest absolute Gasteiger partial charge is 0.395 e. The van der Waals surface area contributed by atoms with Crippen LogP contribution in [0.15, 0.2) is 42.7 Å². The minimum Gasteiger partial charge on any atom is -0.395 e. The molecule has 0 fully saturated rings. The fraction of sp³-hybridized carbons (Fsp3) is 0.400. The minimum absolute atomic E-state index is 0.151. The van der Waals surface area contributed by atoms with Crippen molar-refractivity contribution < 1.29 is 5.11 Å². The molecule has 1 heterocycles. The molecule has 0 aliphatic heterocycles. The van der Waals surface area contributed by atoms with Crippen molar-refractivity contribution in [2.24, 2.45) is 5.73 Å². The fourth-order valence-electron chi connectivity index (χ4n) is 2.20. The molecule has 5 heteroatoms. The summed E-state index contributed by atoms with van der Waals surface area (Å²) in [5.74, 6) is 0. The topological polar surface area (TPSA) is 67.3 Å². The van der Waals surface area contributed by atoms with Gasteiger partial charge in [-0.05, 0) is 5.56 Å². The van der Waals surface area contributed by atoms with Crippen molar-refractivity contribution in [3.63, 3.8) is 0 Å². The number of hydrogen-bond donors (Lipinski definition) is 2. The lowest BCUT2D eigenvalue weighted by molar-refractivity contribution is 0.194. The Kier molecular flexibility index (Phi) is 5.73. The van der Waals surface area contributed by atoms with Crippen LogP contribution >= 0.6 is 0 Å². The van der Waals surface area contributed by atoms with Crippen LogP contribution in [-0.4, -0.2) is 46.0 Å². The number of hydrogen-bond acceptors (Lipinski definition) is 4. The van der Waals surface area contributed by atoms with E-state index < -0.39 is 0 Å². The van der Waals surface area contributed by atoms with Crippen LogP contribution in [0.4, 0.5) is 0 Å². The Balaban J connectivity index is 1.94. The Morgan fingerprint density at radius 2 is 1.95 bits per heavy atom. The van der Waals surface area contributed by atoms with E-state index >= 15 is 0 Å². The van der Waals surface area contributed by atoms with E-state index in [4.69, 9.17) is 10.8 Å². The first-order valence-electron chi connectivity index (χ1n) is 6.90. The molecule has 5 nitrogen and oxygen atoms in total. The summed E-state index contributed by atoms with van der Waals surface area (Å²) in [7, 11) is 0. The maximum Gasteiger partial charge on any atom is 0.0659 e. The lowest BCUT2D eigenvalue weighted by Crippen LogP contribution is -2.31. The van der Waals surface area contributed by atoms with Gasteiger partial charge in [0.15, 0.2) is 0 Å². The molecule has 108 valence electrons. The van der Waals surface area contributed by atoms with Crippen LogP contribution in [-0.2, 0) is 13.1 Å². The maximum atomic E-state index is 9.04. The van der Waals surface area contributed by atoms with Crippen LogP contribution in [0.1, 0.15) is 11.1 Å². The predicted octanol–water partition coefficient (Wildman–Crippen LogP) is 0.684. The van der Waals surface area contributed by atoms with Crippen molar-refractivity contribution in [1.29, 1.82) is 0 Å². The van der Waals surface area contributed by atoms with E-state index in [0.29, 0.717) is 13.1 Å². The van der Waals surface area contributed by atoms with Crippen LogP contribution in [0.2, 0.25) is 0 Å². The number of nitrogens with two attached hydrogens (primary N) is 1. The summed E-state index contributed by atoms with van der Waals surface area (Å²) in [5.41, 5.74) is 7.95. The Morgan fingerprint density at radius 1 is 1.15 bits per heavy atom. The van der Waals surface area contributed by atoms with Crippen molar-refractivity contribution >= 4 is 0 Å². The summed E-state index contributed by atoms with van der Waals surface area (Å²) in [6, 6.07) is 10.3. The molecular weight excluding hydrogens is 252 g/mol. The average molecular weight is 274 g/mol. The highest BCUT2D eigenvalue weighted by Crippen LogP contribution is 2.06. The van der Waals surface area contributed by atoms with Gasteiger partial charge in [0, 0.05) is 37.9 Å². The third-order valence-corrected chi connectivity index (χ3v) is 3.14. The van der Waals surface area contributed by atoms with Gasteiger partial charge in [-0.2, -0.15) is 5.10 Å². The van der Waals surface area contributed by atoms with Crippen molar-refractivity contribution in [1.82, 2.24) is 14.7 Å². The van der Waals surface area contributed by atoms with Crippen molar-refractivity contribution in [3.05, 3.63) is 53.9 Å². The Labute approximate surface area is 119 Å². The smallest absolute Gasteiger partial charge is 0.0659 e. The van der Waals surface area contributed by atoms with Crippen LogP contribution in [0.5, 0.6) is 0 Å². The molecule has 0 unspecified atom stereocenters. The van der Waals surface area contributed by atoms with Crippen molar-refractivity contribution in [2.45, 2.75) is 13.1 Å². The standard InChI is InChI=1S/C15H22N4O/c16-6-7-18(8-9-20)11-15-10-17-19(13-15)12-14-4-2-1-3-5-14/h1-5,10,13,20H,6-9,11-12,16H2. The first-order chi connectivity index (χ1) is 9.81. The third kappa shape index (κ3) is 4.45. The monoisotopic (exact) mass is 274 g/mol. The molecule has 0 atom stereocenters. The molecule has 3 N–H and O–H groups in total. The summed E-state index contributed by atoms with van der Waals surface area (Å²) in [6.45, 7) is 3.71. The first kappa shape index (κ1) is 14.7. The molecular formula is C15H22N4O. The Bertz CT molecular complexity index is 492. The normalized spacial score (nSPS) is 11.2. The van der Waals surface area contributed by atoms with Gasteiger partial charge >= 0.3 is 0 Å². The molecule has 2 rings (SSSR count). The molecule has 1 aromatic heterocycles.